The van der Waals surface area contributed by atoms with Crippen LogP contribution in [0.5, 0.6) is 0 Å². The van der Waals surface area contributed by atoms with Gasteiger partial charge in [-0.1, -0.05) is 32.1 Å². The largest absolute Gasteiger partial charge is 0.459 e. The molecule has 0 N–H and O–H groups in total. The van der Waals surface area contributed by atoms with Crippen LogP contribution >= 0.6 is 11.3 Å². The predicted octanol–water partition coefficient (Wildman–Crippen LogP) is 4.66. The van der Waals surface area contributed by atoms with Gasteiger partial charge in [-0.25, -0.2) is 9.78 Å². The molecule has 1 heterocycles. The van der Waals surface area contributed by atoms with E-state index < -0.39 is 0 Å². The number of ether oxygens (including phenoxy) is 1. The maximum atomic E-state index is 12.1. The van der Waals surface area contributed by atoms with E-state index >= 15 is 0 Å². The van der Waals surface area contributed by atoms with Gasteiger partial charge < -0.3 is 4.74 Å². The number of rotatable bonds is 6. The summed E-state index contributed by atoms with van der Waals surface area (Å²) in [5, 5.41) is 1.97. The third-order valence-electron chi connectivity index (χ3n) is 3.20. The molecule has 0 saturated carbocycles. The molecule has 0 saturated heterocycles. The van der Waals surface area contributed by atoms with E-state index in [0.717, 1.165) is 24.1 Å². The fraction of sp³-hybridized carbons (Fsp3) is 0.294. The van der Waals surface area contributed by atoms with Crippen LogP contribution in [-0.2, 0) is 4.74 Å². The Bertz CT molecular complexity index is 601. The minimum Gasteiger partial charge on any atom is -0.459 e. The number of hydrogen-bond donors (Lipinski definition) is 0. The molecule has 0 bridgehead atoms. The number of esters is 1. The molecule has 1 aromatic carbocycles. The second-order valence-electron chi connectivity index (χ2n) is 4.72. The summed E-state index contributed by atoms with van der Waals surface area (Å²) in [6.07, 6.45) is 5.55. The second-order valence-corrected chi connectivity index (χ2v) is 5.43. The van der Waals surface area contributed by atoms with E-state index in [1.54, 1.807) is 22.9 Å². The van der Waals surface area contributed by atoms with Crippen LogP contribution in [0.2, 0.25) is 0 Å². The number of carbonyl (C=O) groups is 1. The van der Waals surface area contributed by atoms with Gasteiger partial charge in [0.25, 0.3) is 0 Å². The first kappa shape index (κ1) is 15.4. The Labute approximate surface area is 129 Å². The van der Waals surface area contributed by atoms with E-state index in [1.807, 2.05) is 49.6 Å². The highest BCUT2D eigenvalue weighted by molar-refractivity contribution is 7.07. The van der Waals surface area contributed by atoms with E-state index in [9.17, 15) is 4.79 Å². The second kappa shape index (κ2) is 7.74. The minimum atomic E-state index is -0.257. The van der Waals surface area contributed by atoms with Crippen molar-refractivity contribution in [2.45, 2.75) is 32.8 Å². The van der Waals surface area contributed by atoms with E-state index in [1.165, 1.54) is 0 Å². The lowest BCUT2D eigenvalue weighted by Gasteiger charge is -2.14. The van der Waals surface area contributed by atoms with Crippen molar-refractivity contribution < 1.29 is 9.53 Å². The highest BCUT2D eigenvalue weighted by Gasteiger charge is 2.12. The molecular weight excluding hydrogens is 282 g/mol. The van der Waals surface area contributed by atoms with Crippen molar-refractivity contribution in [3.05, 3.63) is 52.0 Å². The van der Waals surface area contributed by atoms with Gasteiger partial charge in [-0.05, 0) is 36.6 Å². The van der Waals surface area contributed by atoms with Gasteiger partial charge in [0, 0.05) is 5.38 Å². The number of aromatic nitrogens is 1. The zero-order valence-corrected chi connectivity index (χ0v) is 13.1. The van der Waals surface area contributed by atoms with Crippen LogP contribution in [0.4, 0.5) is 0 Å². The third kappa shape index (κ3) is 4.53. The summed E-state index contributed by atoms with van der Waals surface area (Å²) in [4.78, 5) is 16.3. The summed E-state index contributed by atoms with van der Waals surface area (Å²) < 4.78 is 5.47. The summed E-state index contributed by atoms with van der Waals surface area (Å²) in [6.45, 7) is 4.04. The molecule has 0 aliphatic heterocycles. The van der Waals surface area contributed by atoms with Gasteiger partial charge in [0.05, 0.1) is 16.8 Å². The molecule has 21 heavy (non-hydrogen) atoms. The fourth-order valence-electron chi connectivity index (χ4n) is 1.93. The van der Waals surface area contributed by atoms with E-state index in [4.69, 9.17) is 4.74 Å². The third-order valence-corrected chi connectivity index (χ3v) is 3.81. The summed E-state index contributed by atoms with van der Waals surface area (Å²) in [5.74, 6) is -0.257. The van der Waals surface area contributed by atoms with Crippen LogP contribution < -0.4 is 0 Å². The molecule has 2 aromatic rings. The highest BCUT2D eigenvalue weighted by Crippen LogP contribution is 2.13. The Morgan fingerprint density at radius 2 is 2.14 bits per heavy atom. The fourth-order valence-corrected chi connectivity index (χ4v) is 2.45. The van der Waals surface area contributed by atoms with Crippen molar-refractivity contribution in [3.63, 3.8) is 0 Å². The first-order valence-corrected chi connectivity index (χ1v) is 8.04. The van der Waals surface area contributed by atoms with E-state index in [0.29, 0.717) is 5.56 Å². The zero-order valence-electron chi connectivity index (χ0n) is 12.3. The Balaban J connectivity index is 2.08. The Hall–Kier alpha value is -1.94. The number of benzene rings is 1. The van der Waals surface area contributed by atoms with Crippen molar-refractivity contribution in [3.8, 4) is 0 Å². The molecule has 110 valence electrons. The average Bonchev–Trinajstić information content (AvgIpc) is 3.04. The summed E-state index contributed by atoms with van der Waals surface area (Å²) in [6, 6.07) is 7.44. The summed E-state index contributed by atoms with van der Waals surface area (Å²) in [7, 11) is 0. The highest BCUT2D eigenvalue weighted by atomic mass is 32.1. The summed E-state index contributed by atoms with van der Waals surface area (Å²) >= 11 is 1.56. The van der Waals surface area contributed by atoms with Crippen LogP contribution in [0.25, 0.3) is 12.2 Å². The molecule has 1 aromatic heterocycles. The van der Waals surface area contributed by atoms with Crippen LogP contribution in [0.1, 0.15) is 48.3 Å². The van der Waals surface area contributed by atoms with Gasteiger partial charge in [-0.15, -0.1) is 11.3 Å². The lowest BCUT2D eigenvalue weighted by molar-refractivity contribution is 0.0284. The Kier molecular flexibility index (Phi) is 5.69. The number of carbonyl (C=O) groups excluding carboxylic acids is 1. The molecule has 0 aliphatic rings. The van der Waals surface area contributed by atoms with Crippen molar-refractivity contribution in [2.24, 2.45) is 0 Å². The number of hydrogen-bond acceptors (Lipinski definition) is 4. The Morgan fingerprint density at radius 1 is 1.33 bits per heavy atom. The quantitative estimate of drug-likeness (QED) is 0.728. The smallest absolute Gasteiger partial charge is 0.338 e. The molecule has 0 radical (unpaired) electrons. The first-order valence-electron chi connectivity index (χ1n) is 7.10. The molecule has 2 rings (SSSR count). The minimum absolute atomic E-state index is 0.00768. The molecule has 0 atom stereocenters. The molecular formula is C17H19NO2S. The normalized spacial score (nSPS) is 11.2. The number of thiazole rings is 1. The topological polar surface area (TPSA) is 39.2 Å². The van der Waals surface area contributed by atoms with Crippen LogP contribution in [0, 0.1) is 0 Å². The lowest BCUT2D eigenvalue weighted by atomic mass is 10.1. The maximum absolute atomic E-state index is 12.1. The monoisotopic (exact) mass is 301 g/mol. The van der Waals surface area contributed by atoms with Crippen LogP contribution in [0.3, 0.4) is 0 Å². The van der Waals surface area contributed by atoms with Gasteiger partial charge in [-0.3, -0.25) is 0 Å². The first-order chi connectivity index (χ1) is 10.2. The zero-order chi connectivity index (χ0) is 15.1. The SMILES string of the molecule is CCC(CC)OC(=O)c1cccc(/C=C/c2cscn2)c1. The maximum Gasteiger partial charge on any atom is 0.338 e. The molecule has 0 amide bonds. The molecule has 0 unspecified atom stereocenters. The molecule has 0 fully saturated rings. The summed E-state index contributed by atoms with van der Waals surface area (Å²) in [5.41, 5.74) is 4.26. The molecule has 3 nitrogen and oxygen atoms in total. The van der Waals surface area contributed by atoms with Gasteiger partial charge in [0.15, 0.2) is 0 Å². The van der Waals surface area contributed by atoms with Crippen molar-refractivity contribution >= 4 is 29.5 Å². The van der Waals surface area contributed by atoms with Crippen molar-refractivity contribution in [2.75, 3.05) is 0 Å². The molecule has 0 spiro atoms. The standard InChI is InChI=1S/C17H19NO2S/c1-3-16(4-2)20-17(19)14-7-5-6-13(10-14)8-9-15-11-21-12-18-15/h5-12,16H,3-4H2,1-2H3/b9-8+. The van der Waals surface area contributed by atoms with Crippen molar-refractivity contribution in [1.82, 2.24) is 4.98 Å². The van der Waals surface area contributed by atoms with Crippen LogP contribution in [0.15, 0.2) is 35.2 Å². The van der Waals surface area contributed by atoms with Gasteiger partial charge in [-0.2, -0.15) is 0 Å². The average molecular weight is 301 g/mol. The van der Waals surface area contributed by atoms with E-state index in [-0.39, 0.29) is 12.1 Å². The molecule has 0 aliphatic carbocycles. The van der Waals surface area contributed by atoms with Gasteiger partial charge in [0.1, 0.15) is 6.10 Å². The van der Waals surface area contributed by atoms with E-state index in [2.05, 4.69) is 4.98 Å². The predicted molar refractivity (Wildman–Crippen MR) is 87.3 cm³/mol. The van der Waals surface area contributed by atoms with Crippen LogP contribution in [-0.4, -0.2) is 17.1 Å². The molecule has 4 heteroatoms. The van der Waals surface area contributed by atoms with Gasteiger partial charge >= 0.3 is 5.97 Å². The Morgan fingerprint density at radius 3 is 2.81 bits per heavy atom. The lowest BCUT2D eigenvalue weighted by Crippen LogP contribution is -2.16. The number of nitrogens with zero attached hydrogens (tertiary/aromatic N) is 1. The van der Waals surface area contributed by atoms with Gasteiger partial charge in [0.2, 0.25) is 0 Å². The van der Waals surface area contributed by atoms with Crippen molar-refractivity contribution in [1.29, 1.82) is 0 Å².